The Bertz CT molecular complexity index is 829. The minimum absolute atomic E-state index is 0.450. The second-order valence-electron chi connectivity index (χ2n) is 6.44. The summed E-state index contributed by atoms with van der Waals surface area (Å²) in [6.07, 6.45) is 4.96. The zero-order valence-corrected chi connectivity index (χ0v) is 14.3. The molecule has 4 rings (SSSR count). The van der Waals surface area contributed by atoms with Gasteiger partial charge in [0, 0.05) is 31.9 Å². The van der Waals surface area contributed by atoms with E-state index in [-0.39, 0.29) is 0 Å². The summed E-state index contributed by atoms with van der Waals surface area (Å²) in [6, 6.07) is 14.7. The molecule has 1 atom stereocenters. The topological polar surface area (TPSA) is 58.9 Å². The van der Waals surface area contributed by atoms with E-state index < -0.39 is 0 Å². The Labute approximate surface area is 147 Å². The van der Waals surface area contributed by atoms with E-state index in [1.54, 1.807) is 0 Å². The highest BCUT2D eigenvalue weighted by molar-refractivity contribution is 5.40. The Morgan fingerprint density at radius 3 is 2.88 bits per heavy atom. The number of pyridine rings is 1. The summed E-state index contributed by atoms with van der Waals surface area (Å²) >= 11 is 0. The van der Waals surface area contributed by atoms with Crippen LogP contribution in [0.1, 0.15) is 17.7 Å². The molecular weight excluding hydrogens is 312 g/mol. The van der Waals surface area contributed by atoms with E-state index in [1.165, 1.54) is 5.56 Å². The van der Waals surface area contributed by atoms with Crippen molar-refractivity contribution in [1.29, 1.82) is 0 Å². The van der Waals surface area contributed by atoms with Crippen LogP contribution in [0, 0.1) is 6.92 Å². The molecule has 3 aromatic rings. The van der Waals surface area contributed by atoms with Crippen molar-refractivity contribution in [2.45, 2.75) is 25.9 Å². The lowest BCUT2D eigenvalue weighted by Gasteiger charge is -2.17. The van der Waals surface area contributed by atoms with Crippen molar-refractivity contribution in [1.82, 2.24) is 25.3 Å². The van der Waals surface area contributed by atoms with Gasteiger partial charge in [0.25, 0.3) is 0 Å². The molecule has 0 saturated carbocycles. The Morgan fingerprint density at radius 1 is 1.16 bits per heavy atom. The van der Waals surface area contributed by atoms with Crippen LogP contribution < -0.4 is 10.2 Å². The molecule has 1 unspecified atom stereocenters. The molecule has 1 fully saturated rings. The average Bonchev–Trinajstić information content (AvgIpc) is 3.31. The van der Waals surface area contributed by atoms with E-state index in [4.69, 9.17) is 0 Å². The first kappa shape index (κ1) is 15.8. The van der Waals surface area contributed by atoms with Gasteiger partial charge in [0.05, 0.1) is 17.6 Å². The van der Waals surface area contributed by atoms with Crippen LogP contribution in [0.15, 0.2) is 54.9 Å². The first-order valence-electron chi connectivity index (χ1n) is 8.66. The maximum absolute atomic E-state index is 4.43. The molecule has 0 spiro atoms. The Kier molecular flexibility index (Phi) is 4.43. The van der Waals surface area contributed by atoms with E-state index in [9.17, 15) is 0 Å². The lowest BCUT2D eigenvalue weighted by atomic mass is 10.2. The fourth-order valence-electron chi connectivity index (χ4n) is 3.24. The largest absolute Gasteiger partial charge is 0.355 e. The molecular formula is C19H22N6. The van der Waals surface area contributed by atoms with Crippen LogP contribution in [-0.4, -0.2) is 39.1 Å². The monoisotopic (exact) mass is 334 g/mol. The van der Waals surface area contributed by atoms with Crippen molar-refractivity contribution < 1.29 is 0 Å². The van der Waals surface area contributed by atoms with Gasteiger partial charge in [0.15, 0.2) is 0 Å². The molecule has 1 aliphatic heterocycles. The van der Waals surface area contributed by atoms with Crippen LogP contribution in [0.4, 0.5) is 5.82 Å². The predicted octanol–water partition coefficient (Wildman–Crippen LogP) is 2.34. The zero-order chi connectivity index (χ0) is 17.1. The van der Waals surface area contributed by atoms with Crippen LogP contribution in [-0.2, 0) is 6.54 Å². The normalized spacial score (nSPS) is 17.2. The SMILES string of the molecule is Cc1ccccc1-n1cc(CNC2CCN(c3ccccn3)C2)nn1. The van der Waals surface area contributed by atoms with Crippen molar-refractivity contribution in [3.05, 3.63) is 66.1 Å². The number of para-hydroxylation sites is 1. The third kappa shape index (κ3) is 3.53. The van der Waals surface area contributed by atoms with Crippen molar-refractivity contribution in [2.75, 3.05) is 18.0 Å². The highest BCUT2D eigenvalue weighted by atomic mass is 15.4. The minimum Gasteiger partial charge on any atom is -0.355 e. The smallest absolute Gasteiger partial charge is 0.128 e. The van der Waals surface area contributed by atoms with Crippen molar-refractivity contribution in [2.24, 2.45) is 0 Å². The summed E-state index contributed by atoms with van der Waals surface area (Å²) in [5, 5.41) is 12.1. The van der Waals surface area contributed by atoms with E-state index in [1.807, 2.05) is 41.3 Å². The zero-order valence-electron chi connectivity index (χ0n) is 14.3. The number of hydrogen-bond acceptors (Lipinski definition) is 5. The maximum Gasteiger partial charge on any atom is 0.128 e. The van der Waals surface area contributed by atoms with Gasteiger partial charge >= 0.3 is 0 Å². The van der Waals surface area contributed by atoms with E-state index in [0.29, 0.717) is 6.04 Å². The molecule has 6 nitrogen and oxygen atoms in total. The number of nitrogens with zero attached hydrogens (tertiary/aromatic N) is 5. The molecule has 6 heteroatoms. The lowest BCUT2D eigenvalue weighted by molar-refractivity contribution is 0.545. The molecule has 1 aromatic carbocycles. The number of aryl methyl sites for hydroxylation is 1. The highest BCUT2D eigenvalue weighted by Gasteiger charge is 2.23. The number of rotatable bonds is 5. The molecule has 0 radical (unpaired) electrons. The third-order valence-electron chi connectivity index (χ3n) is 4.64. The highest BCUT2D eigenvalue weighted by Crippen LogP contribution is 2.17. The Balaban J connectivity index is 1.35. The van der Waals surface area contributed by atoms with Gasteiger partial charge in [-0.15, -0.1) is 5.10 Å². The predicted molar refractivity (Wildman–Crippen MR) is 97.8 cm³/mol. The standard InChI is InChI=1S/C19H22N6/c1-15-6-2-3-7-18(15)25-14-17(22-23-25)12-21-16-9-11-24(13-16)19-8-4-5-10-20-19/h2-8,10,14,16,21H,9,11-13H2,1H3. The van der Waals surface area contributed by atoms with Gasteiger partial charge in [-0.1, -0.05) is 29.5 Å². The summed E-state index contributed by atoms with van der Waals surface area (Å²) in [4.78, 5) is 6.75. The number of anilines is 1. The van der Waals surface area contributed by atoms with Gasteiger partial charge in [-0.05, 0) is 37.1 Å². The molecule has 0 aliphatic carbocycles. The van der Waals surface area contributed by atoms with Gasteiger partial charge in [0.2, 0.25) is 0 Å². The van der Waals surface area contributed by atoms with Crippen LogP contribution in [0.3, 0.4) is 0 Å². The summed E-state index contributed by atoms with van der Waals surface area (Å²) < 4.78 is 1.85. The first-order valence-corrected chi connectivity index (χ1v) is 8.66. The van der Waals surface area contributed by atoms with Gasteiger partial charge in [0.1, 0.15) is 5.82 Å². The summed E-state index contributed by atoms with van der Waals surface area (Å²) in [7, 11) is 0. The Morgan fingerprint density at radius 2 is 2.04 bits per heavy atom. The van der Waals surface area contributed by atoms with E-state index in [0.717, 1.165) is 43.3 Å². The van der Waals surface area contributed by atoms with Crippen LogP contribution >= 0.6 is 0 Å². The second kappa shape index (κ2) is 7.03. The molecule has 1 saturated heterocycles. The van der Waals surface area contributed by atoms with Crippen molar-refractivity contribution >= 4 is 5.82 Å². The molecule has 0 amide bonds. The molecule has 1 N–H and O–H groups in total. The maximum atomic E-state index is 4.43. The molecule has 128 valence electrons. The fourth-order valence-corrected chi connectivity index (χ4v) is 3.24. The van der Waals surface area contributed by atoms with E-state index in [2.05, 4.69) is 50.6 Å². The summed E-state index contributed by atoms with van der Waals surface area (Å²) in [6.45, 7) is 4.82. The molecule has 2 aromatic heterocycles. The quantitative estimate of drug-likeness (QED) is 0.776. The number of aromatic nitrogens is 4. The van der Waals surface area contributed by atoms with Crippen molar-refractivity contribution in [3.63, 3.8) is 0 Å². The van der Waals surface area contributed by atoms with Gasteiger partial charge < -0.3 is 10.2 Å². The molecule has 0 bridgehead atoms. The van der Waals surface area contributed by atoms with Gasteiger partial charge in [-0.3, -0.25) is 0 Å². The first-order chi connectivity index (χ1) is 12.3. The lowest BCUT2D eigenvalue weighted by Crippen LogP contribution is -2.32. The van der Waals surface area contributed by atoms with Gasteiger partial charge in [-0.25, -0.2) is 9.67 Å². The van der Waals surface area contributed by atoms with Crippen molar-refractivity contribution in [3.8, 4) is 5.69 Å². The van der Waals surface area contributed by atoms with Crippen LogP contribution in [0.2, 0.25) is 0 Å². The average molecular weight is 334 g/mol. The number of hydrogen-bond donors (Lipinski definition) is 1. The van der Waals surface area contributed by atoms with Crippen LogP contribution in [0.25, 0.3) is 5.69 Å². The van der Waals surface area contributed by atoms with Gasteiger partial charge in [-0.2, -0.15) is 0 Å². The second-order valence-corrected chi connectivity index (χ2v) is 6.44. The fraction of sp³-hybridized carbons (Fsp3) is 0.316. The Hall–Kier alpha value is -2.73. The van der Waals surface area contributed by atoms with Crippen LogP contribution in [0.5, 0.6) is 0 Å². The minimum atomic E-state index is 0.450. The van der Waals surface area contributed by atoms with E-state index >= 15 is 0 Å². The molecule has 25 heavy (non-hydrogen) atoms. The summed E-state index contributed by atoms with van der Waals surface area (Å²) in [5.41, 5.74) is 3.22. The molecule has 1 aliphatic rings. The summed E-state index contributed by atoms with van der Waals surface area (Å²) in [5.74, 6) is 1.05. The number of nitrogens with one attached hydrogen (secondary N) is 1. The number of benzene rings is 1. The molecule has 3 heterocycles. The third-order valence-corrected chi connectivity index (χ3v) is 4.64.